The Kier molecular flexibility index (Phi) is 4.34. The first-order chi connectivity index (χ1) is 8.77. The van der Waals surface area contributed by atoms with E-state index in [1.807, 2.05) is 0 Å². The first-order valence-corrected chi connectivity index (χ1v) is 6.74. The molecule has 18 heavy (non-hydrogen) atoms. The number of nitrogens with two attached hydrogens (primary N) is 1. The summed E-state index contributed by atoms with van der Waals surface area (Å²) in [5.41, 5.74) is 7.57. The van der Waals surface area contributed by atoms with E-state index < -0.39 is 0 Å². The third kappa shape index (κ3) is 2.55. The summed E-state index contributed by atoms with van der Waals surface area (Å²) in [5, 5.41) is 6.10. The minimum absolute atomic E-state index is 0.149. The van der Waals surface area contributed by atoms with E-state index >= 15 is 0 Å². The number of rotatable bonds is 5. The Morgan fingerprint density at radius 3 is 2.50 bits per heavy atom. The highest BCUT2D eigenvalue weighted by Gasteiger charge is 2.18. The van der Waals surface area contributed by atoms with Gasteiger partial charge in [-0.25, -0.2) is 0 Å². The van der Waals surface area contributed by atoms with Crippen LogP contribution in [0.4, 0.5) is 0 Å². The van der Waals surface area contributed by atoms with Gasteiger partial charge in [0.25, 0.3) is 0 Å². The van der Waals surface area contributed by atoms with Crippen LogP contribution in [0.2, 0.25) is 0 Å². The molecule has 0 aliphatic heterocycles. The maximum atomic E-state index is 6.26. The smallest absolute Gasteiger partial charge is 0.0479 e. The average molecular weight is 242 g/mol. The number of hydrogen-bond acceptors (Lipinski definition) is 2. The van der Waals surface area contributed by atoms with E-state index in [0.29, 0.717) is 0 Å². The molecule has 3 N–H and O–H groups in total. The van der Waals surface area contributed by atoms with Crippen LogP contribution in [0, 0.1) is 0 Å². The van der Waals surface area contributed by atoms with E-state index in [4.69, 9.17) is 5.73 Å². The van der Waals surface area contributed by atoms with E-state index in [-0.39, 0.29) is 12.1 Å². The molecule has 2 aromatic carbocycles. The molecule has 2 unspecified atom stereocenters. The molecule has 96 valence electrons. The lowest BCUT2D eigenvalue weighted by molar-refractivity contribution is 0.445. The molecule has 0 spiro atoms. The molecule has 0 amide bonds. The predicted molar refractivity (Wildman–Crippen MR) is 78.6 cm³/mol. The van der Waals surface area contributed by atoms with Crippen molar-refractivity contribution in [2.24, 2.45) is 5.73 Å². The van der Waals surface area contributed by atoms with Crippen LogP contribution >= 0.6 is 0 Å². The summed E-state index contributed by atoms with van der Waals surface area (Å²) >= 11 is 0. The Bertz CT molecular complexity index is 502. The second kappa shape index (κ2) is 5.98. The lowest BCUT2D eigenvalue weighted by atomic mass is 9.93. The lowest BCUT2D eigenvalue weighted by Crippen LogP contribution is -2.37. The molecule has 2 nitrogen and oxygen atoms in total. The Balaban J connectivity index is 2.49. The highest BCUT2D eigenvalue weighted by molar-refractivity contribution is 5.86. The fourth-order valence-electron chi connectivity index (χ4n) is 2.47. The van der Waals surface area contributed by atoms with Crippen LogP contribution < -0.4 is 11.1 Å². The van der Waals surface area contributed by atoms with Crippen LogP contribution in [0.25, 0.3) is 10.8 Å². The third-order valence-corrected chi connectivity index (χ3v) is 3.48. The summed E-state index contributed by atoms with van der Waals surface area (Å²) in [4.78, 5) is 0. The highest BCUT2D eigenvalue weighted by atomic mass is 14.9. The number of benzene rings is 2. The van der Waals surface area contributed by atoms with Crippen molar-refractivity contribution >= 4 is 10.8 Å². The first-order valence-electron chi connectivity index (χ1n) is 6.74. The number of likely N-dealkylation sites (N-methyl/N-ethyl adjacent to an activating group) is 1. The third-order valence-electron chi connectivity index (χ3n) is 3.48. The molecule has 0 saturated carbocycles. The lowest BCUT2D eigenvalue weighted by Gasteiger charge is -2.25. The van der Waals surface area contributed by atoms with E-state index in [1.54, 1.807) is 0 Å². The minimum Gasteiger partial charge on any atom is -0.326 e. The van der Waals surface area contributed by atoms with Gasteiger partial charge in [-0.3, -0.25) is 0 Å². The van der Waals surface area contributed by atoms with Crippen molar-refractivity contribution < 1.29 is 0 Å². The van der Waals surface area contributed by atoms with Gasteiger partial charge < -0.3 is 11.1 Å². The van der Waals surface area contributed by atoms with Gasteiger partial charge in [0.05, 0.1) is 0 Å². The summed E-state index contributed by atoms with van der Waals surface area (Å²) in [5.74, 6) is 0. The summed E-state index contributed by atoms with van der Waals surface area (Å²) in [6.45, 7) is 5.20. The fraction of sp³-hybridized carbons (Fsp3) is 0.375. The maximum Gasteiger partial charge on any atom is 0.0479 e. The molecule has 0 radical (unpaired) electrons. The molecule has 0 aliphatic carbocycles. The monoisotopic (exact) mass is 242 g/mol. The van der Waals surface area contributed by atoms with Crippen LogP contribution in [0.3, 0.4) is 0 Å². The molecule has 2 atom stereocenters. The van der Waals surface area contributed by atoms with Gasteiger partial charge in [-0.15, -0.1) is 0 Å². The molecular weight excluding hydrogens is 220 g/mol. The fourth-order valence-corrected chi connectivity index (χ4v) is 2.47. The van der Waals surface area contributed by atoms with Crippen molar-refractivity contribution in [1.82, 2.24) is 5.32 Å². The van der Waals surface area contributed by atoms with Crippen LogP contribution in [0.5, 0.6) is 0 Å². The van der Waals surface area contributed by atoms with Gasteiger partial charge in [0, 0.05) is 12.1 Å². The van der Waals surface area contributed by atoms with Crippen molar-refractivity contribution in [3.63, 3.8) is 0 Å². The first kappa shape index (κ1) is 13.1. The molecule has 2 rings (SSSR count). The van der Waals surface area contributed by atoms with Gasteiger partial charge in [-0.2, -0.15) is 0 Å². The summed E-state index contributed by atoms with van der Waals surface area (Å²) < 4.78 is 0. The zero-order valence-electron chi connectivity index (χ0n) is 11.2. The van der Waals surface area contributed by atoms with Crippen molar-refractivity contribution in [3.8, 4) is 0 Å². The molecular formula is C16H22N2. The van der Waals surface area contributed by atoms with Gasteiger partial charge in [-0.1, -0.05) is 56.3 Å². The largest absolute Gasteiger partial charge is 0.326 e. The van der Waals surface area contributed by atoms with Crippen LogP contribution in [0.15, 0.2) is 42.5 Å². The standard InChI is InChI=1S/C16H22N2/c1-3-15(17)16(18-4-2)14-11-7-9-12-8-5-6-10-13(12)14/h5-11,15-16,18H,3-4,17H2,1-2H3. The Labute approximate surface area is 109 Å². The summed E-state index contributed by atoms with van der Waals surface area (Å²) in [6, 6.07) is 15.3. The summed E-state index contributed by atoms with van der Waals surface area (Å²) in [7, 11) is 0. The molecule has 0 aromatic heterocycles. The summed E-state index contributed by atoms with van der Waals surface area (Å²) in [6.07, 6.45) is 0.973. The topological polar surface area (TPSA) is 38.0 Å². The Morgan fingerprint density at radius 2 is 1.78 bits per heavy atom. The number of hydrogen-bond donors (Lipinski definition) is 2. The molecule has 0 saturated heterocycles. The van der Waals surface area contributed by atoms with Crippen molar-refractivity contribution in [1.29, 1.82) is 0 Å². The van der Waals surface area contributed by atoms with Gasteiger partial charge in [0.15, 0.2) is 0 Å². The maximum absolute atomic E-state index is 6.26. The van der Waals surface area contributed by atoms with Crippen LogP contribution in [0.1, 0.15) is 31.9 Å². The van der Waals surface area contributed by atoms with Crippen molar-refractivity contribution in [3.05, 3.63) is 48.0 Å². The van der Waals surface area contributed by atoms with E-state index in [2.05, 4.69) is 61.6 Å². The van der Waals surface area contributed by atoms with Crippen molar-refractivity contribution in [2.45, 2.75) is 32.4 Å². The molecule has 0 fully saturated rings. The molecule has 2 heteroatoms. The van der Waals surface area contributed by atoms with Crippen molar-refractivity contribution in [2.75, 3.05) is 6.54 Å². The quantitative estimate of drug-likeness (QED) is 0.844. The van der Waals surface area contributed by atoms with Crippen LogP contribution in [-0.4, -0.2) is 12.6 Å². The zero-order valence-corrected chi connectivity index (χ0v) is 11.2. The highest BCUT2D eigenvalue weighted by Crippen LogP contribution is 2.26. The molecule has 0 bridgehead atoms. The normalized spacial score (nSPS) is 14.6. The average Bonchev–Trinajstić information content (AvgIpc) is 2.43. The van der Waals surface area contributed by atoms with E-state index in [0.717, 1.165) is 13.0 Å². The Hall–Kier alpha value is -1.38. The number of fused-ring (bicyclic) bond motifs is 1. The van der Waals surface area contributed by atoms with Gasteiger partial charge in [-0.05, 0) is 29.3 Å². The van der Waals surface area contributed by atoms with E-state index in [1.165, 1.54) is 16.3 Å². The molecule has 0 heterocycles. The molecule has 0 aliphatic rings. The van der Waals surface area contributed by atoms with E-state index in [9.17, 15) is 0 Å². The van der Waals surface area contributed by atoms with Gasteiger partial charge in [0.2, 0.25) is 0 Å². The SMILES string of the molecule is CCNC(c1cccc2ccccc12)C(N)CC. The Morgan fingerprint density at radius 1 is 1.06 bits per heavy atom. The minimum atomic E-state index is 0.149. The molecule has 2 aromatic rings. The zero-order chi connectivity index (χ0) is 13.0. The van der Waals surface area contributed by atoms with Gasteiger partial charge >= 0.3 is 0 Å². The van der Waals surface area contributed by atoms with Crippen LogP contribution in [-0.2, 0) is 0 Å². The second-order valence-electron chi connectivity index (χ2n) is 4.68. The predicted octanol–water partition coefficient (Wildman–Crippen LogP) is 3.23. The second-order valence-corrected chi connectivity index (χ2v) is 4.68. The van der Waals surface area contributed by atoms with Gasteiger partial charge in [0.1, 0.15) is 0 Å². The number of nitrogens with one attached hydrogen (secondary N) is 1.